The maximum atomic E-state index is 11.8. The molecule has 1 unspecified atom stereocenters. The van der Waals surface area contributed by atoms with Crippen molar-refractivity contribution in [3.8, 4) is 0 Å². The van der Waals surface area contributed by atoms with Crippen LogP contribution in [0.5, 0.6) is 0 Å². The Hall–Kier alpha value is -1.00. The second-order valence-corrected chi connectivity index (χ2v) is 5.73. The van der Waals surface area contributed by atoms with Crippen molar-refractivity contribution in [2.24, 2.45) is 0 Å². The van der Waals surface area contributed by atoms with Crippen LogP contribution in [-0.4, -0.2) is 24.9 Å². The third-order valence-electron chi connectivity index (χ3n) is 3.23. The van der Waals surface area contributed by atoms with E-state index in [-0.39, 0.29) is 12.0 Å². The molecule has 4 heteroatoms. The molecule has 1 aromatic carbocycles. The van der Waals surface area contributed by atoms with Crippen molar-refractivity contribution in [2.75, 3.05) is 12.9 Å². The summed E-state index contributed by atoms with van der Waals surface area (Å²) in [5, 5.41) is 2.97. The van der Waals surface area contributed by atoms with Gasteiger partial charge in [0.25, 0.3) is 0 Å². The summed E-state index contributed by atoms with van der Waals surface area (Å²) in [4.78, 5) is 11.8. The smallest absolute Gasteiger partial charge is 0.222 e. The predicted octanol–water partition coefficient (Wildman–Crippen LogP) is 2.73. The van der Waals surface area contributed by atoms with Crippen LogP contribution in [0.2, 0.25) is 0 Å². The van der Waals surface area contributed by atoms with Gasteiger partial charge in [-0.05, 0) is 30.2 Å². The highest BCUT2D eigenvalue weighted by Crippen LogP contribution is 2.15. The van der Waals surface area contributed by atoms with Crippen molar-refractivity contribution in [1.29, 1.82) is 0 Å². The van der Waals surface area contributed by atoms with Gasteiger partial charge in [-0.15, -0.1) is 0 Å². The second kappa shape index (κ2) is 7.56. The number of amides is 1. The van der Waals surface area contributed by atoms with Crippen LogP contribution in [-0.2, 0) is 21.8 Å². The zero-order chi connectivity index (χ0) is 13.5. The van der Waals surface area contributed by atoms with E-state index in [0.29, 0.717) is 13.0 Å². The Kier molecular flexibility index (Phi) is 5.73. The van der Waals surface area contributed by atoms with E-state index in [9.17, 15) is 4.79 Å². The lowest BCUT2D eigenvalue weighted by atomic mass is 10.1. The number of rotatable bonds is 6. The molecule has 1 heterocycles. The summed E-state index contributed by atoms with van der Waals surface area (Å²) >= 11 is 1.81. The number of hydrogen-bond acceptors (Lipinski definition) is 3. The van der Waals surface area contributed by atoms with Crippen molar-refractivity contribution in [3.63, 3.8) is 0 Å². The molecule has 1 aromatic rings. The minimum atomic E-state index is 0.0853. The monoisotopic (exact) mass is 279 g/mol. The molecule has 2 rings (SSSR count). The fraction of sp³-hybridized carbons (Fsp3) is 0.533. The number of benzene rings is 1. The summed E-state index contributed by atoms with van der Waals surface area (Å²) in [5.41, 5.74) is 2.46. The molecule has 19 heavy (non-hydrogen) atoms. The van der Waals surface area contributed by atoms with E-state index in [1.165, 1.54) is 5.56 Å². The first-order chi connectivity index (χ1) is 9.28. The summed E-state index contributed by atoms with van der Waals surface area (Å²) in [6.07, 6.45) is 4.80. The van der Waals surface area contributed by atoms with Crippen LogP contribution in [0.3, 0.4) is 0 Å². The van der Waals surface area contributed by atoms with Crippen LogP contribution < -0.4 is 5.32 Å². The Morgan fingerprint density at radius 3 is 3.05 bits per heavy atom. The first-order valence-electron chi connectivity index (χ1n) is 6.73. The van der Waals surface area contributed by atoms with Crippen LogP contribution in [0.15, 0.2) is 24.3 Å². The summed E-state index contributed by atoms with van der Waals surface area (Å²) in [6.45, 7) is 1.41. The standard InChI is InChI=1S/C15H21NO2S/c1-19-11-13-5-2-4-12(8-13)10-16-15(17)9-14-6-3-7-18-14/h2,4-5,8,14H,3,6-7,9-11H2,1H3,(H,16,17). The lowest BCUT2D eigenvalue weighted by molar-refractivity contribution is -0.123. The average Bonchev–Trinajstić information content (AvgIpc) is 2.90. The fourth-order valence-corrected chi connectivity index (χ4v) is 2.79. The second-order valence-electron chi connectivity index (χ2n) is 4.87. The van der Waals surface area contributed by atoms with Gasteiger partial charge < -0.3 is 10.1 Å². The Balaban J connectivity index is 1.77. The van der Waals surface area contributed by atoms with Gasteiger partial charge in [-0.3, -0.25) is 4.79 Å². The van der Waals surface area contributed by atoms with E-state index < -0.39 is 0 Å². The van der Waals surface area contributed by atoms with Gasteiger partial charge >= 0.3 is 0 Å². The van der Waals surface area contributed by atoms with E-state index in [1.54, 1.807) is 11.8 Å². The van der Waals surface area contributed by atoms with Gasteiger partial charge in [0.1, 0.15) is 0 Å². The van der Waals surface area contributed by atoms with Gasteiger partial charge in [-0.1, -0.05) is 24.3 Å². The maximum Gasteiger partial charge on any atom is 0.222 e. The number of carbonyl (C=O) groups excluding carboxylic acids is 1. The highest BCUT2D eigenvalue weighted by Gasteiger charge is 2.18. The molecule has 1 amide bonds. The molecule has 1 aliphatic heterocycles. The molecule has 0 radical (unpaired) electrons. The normalized spacial score (nSPS) is 18.5. The van der Waals surface area contributed by atoms with Gasteiger partial charge in [0.15, 0.2) is 0 Å². The zero-order valence-electron chi connectivity index (χ0n) is 11.4. The molecule has 1 N–H and O–H groups in total. The maximum absolute atomic E-state index is 11.8. The molecule has 0 aliphatic carbocycles. The van der Waals surface area contributed by atoms with Gasteiger partial charge in [0.2, 0.25) is 5.91 Å². The fourth-order valence-electron chi connectivity index (χ4n) is 2.28. The Bertz CT molecular complexity index is 416. The lowest BCUT2D eigenvalue weighted by Gasteiger charge is -2.10. The average molecular weight is 279 g/mol. The van der Waals surface area contributed by atoms with Gasteiger partial charge in [0.05, 0.1) is 12.5 Å². The number of carbonyl (C=O) groups is 1. The third kappa shape index (κ3) is 4.88. The van der Waals surface area contributed by atoms with Crippen molar-refractivity contribution in [2.45, 2.75) is 37.7 Å². The molecular formula is C15H21NO2S. The molecule has 3 nitrogen and oxygen atoms in total. The molecule has 104 valence electrons. The van der Waals surface area contributed by atoms with Gasteiger partial charge in [-0.25, -0.2) is 0 Å². The lowest BCUT2D eigenvalue weighted by Crippen LogP contribution is -2.26. The molecular weight excluding hydrogens is 258 g/mol. The van der Waals surface area contributed by atoms with E-state index in [2.05, 4.69) is 29.8 Å². The molecule has 0 aromatic heterocycles. The van der Waals surface area contributed by atoms with Gasteiger partial charge in [0, 0.05) is 18.9 Å². The molecule has 0 saturated carbocycles. The number of ether oxygens (including phenoxy) is 1. The SMILES string of the molecule is CSCc1cccc(CNC(=O)CC2CCCO2)c1. The van der Waals surface area contributed by atoms with Crippen LogP contribution >= 0.6 is 11.8 Å². The largest absolute Gasteiger partial charge is 0.378 e. The molecule has 1 fully saturated rings. The minimum absolute atomic E-state index is 0.0853. The van der Waals surface area contributed by atoms with Crippen molar-refractivity contribution >= 4 is 17.7 Å². The van der Waals surface area contributed by atoms with E-state index in [0.717, 1.165) is 30.8 Å². The van der Waals surface area contributed by atoms with E-state index in [4.69, 9.17) is 4.74 Å². The summed E-state index contributed by atoms with van der Waals surface area (Å²) in [6, 6.07) is 8.38. The highest BCUT2D eigenvalue weighted by atomic mass is 32.2. The quantitative estimate of drug-likeness (QED) is 0.870. The molecule has 1 saturated heterocycles. The van der Waals surface area contributed by atoms with Crippen LogP contribution in [0.25, 0.3) is 0 Å². The van der Waals surface area contributed by atoms with Crippen molar-refractivity contribution in [1.82, 2.24) is 5.32 Å². The highest BCUT2D eigenvalue weighted by molar-refractivity contribution is 7.97. The van der Waals surface area contributed by atoms with Crippen LogP contribution in [0.4, 0.5) is 0 Å². The molecule has 1 aliphatic rings. The third-order valence-corrected chi connectivity index (χ3v) is 3.85. The van der Waals surface area contributed by atoms with E-state index >= 15 is 0 Å². The van der Waals surface area contributed by atoms with Crippen molar-refractivity contribution in [3.05, 3.63) is 35.4 Å². The predicted molar refractivity (Wildman–Crippen MR) is 79.1 cm³/mol. The first-order valence-corrected chi connectivity index (χ1v) is 8.12. The minimum Gasteiger partial charge on any atom is -0.378 e. The summed E-state index contributed by atoms with van der Waals surface area (Å²) < 4.78 is 5.46. The zero-order valence-corrected chi connectivity index (χ0v) is 12.2. The number of nitrogens with one attached hydrogen (secondary N) is 1. The number of hydrogen-bond donors (Lipinski definition) is 1. The molecule has 0 bridgehead atoms. The van der Waals surface area contributed by atoms with Crippen molar-refractivity contribution < 1.29 is 9.53 Å². The first kappa shape index (κ1) is 14.4. The Morgan fingerprint density at radius 1 is 1.47 bits per heavy atom. The summed E-state index contributed by atoms with van der Waals surface area (Å²) in [7, 11) is 0. The Labute approximate surface area is 119 Å². The van der Waals surface area contributed by atoms with E-state index in [1.807, 2.05) is 6.07 Å². The topological polar surface area (TPSA) is 38.3 Å². The molecule has 1 atom stereocenters. The number of thioether (sulfide) groups is 1. The van der Waals surface area contributed by atoms with Gasteiger partial charge in [-0.2, -0.15) is 11.8 Å². The Morgan fingerprint density at radius 2 is 2.32 bits per heavy atom. The summed E-state index contributed by atoms with van der Waals surface area (Å²) in [5.74, 6) is 1.10. The molecule has 0 spiro atoms. The van der Waals surface area contributed by atoms with Crippen LogP contribution in [0, 0.1) is 0 Å². The van der Waals surface area contributed by atoms with Crippen LogP contribution in [0.1, 0.15) is 30.4 Å².